The lowest BCUT2D eigenvalue weighted by Gasteiger charge is -2.04. The molecule has 110 valence electrons. The van der Waals surface area contributed by atoms with Crippen molar-refractivity contribution in [1.82, 2.24) is 0 Å². The average molecular weight is 264 g/mol. The number of hydrogen-bond donors (Lipinski definition) is 0. The summed E-state index contributed by atoms with van der Waals surface area (Å²) >= 11 is 0. The minimum absolute atomic E-state index is 0.460. The largest absolute Gasteiger partial charge is 0.381 e. The first kappa shape index (κ1) is 18.3. The van der Waals surface area contributed by atoms with E-state index in [1.165, 1.54) is 63.4 Å². The average Bonchev–Trinajstić information content (AvgIpc) is 2.42. The van der Waals surface area contributed by atoms with Gasteiger partial charge >= 0.3 is 0 Å². The molecule has 1 atom stereocenters. The molecule has 19 heavy (non-hydrogen) atoms. The van der Waals surface area contributed by atoms with Gasteiger partial charge in [-0.25, -0.2) is 0 Å². The molecule has 0 aromatic rings. The van der Waals surface area contributed by atoms with Gasteiger partial charge in [-0.05, 0) is 26.2 Å². The predicted octanol–water partition coefficient (Wildman–Crippen LogP) is 5.36. The fourth-order valence-corrected chi connectivity index (χ4v) is 2.15. The van der Waals surface area contributed by atoms with Crippen LogP contribution in [0.15, 0.2) is 11.6 Å². The van der Waals surface area contributed by atoms with Gasteiger partial charge in [0.05, 0.1) is 6.61 Å². The normalized spacial score (nSPS) is 13.3. The summed E-state index contributed by atoms with van der Waals surface area (Å²) in [6.45, 7) is 5.09. The quantitative estimate of drug-likeness (QED) is 0.262. The Morgan fingerprint density at radius 1 is 1.11 bits per heavy atom. The van der Waals surface area contributed by atoms with Gasteiger partial charge in [0, 0.05) is 13.0 Å². The van der Waals surface area contributed by atoms with Crippen molar-refractivity contribution in [3.8, 4) is 12.3 Å². The van der Waals surface area contributed by atoms with Crippen LogP contribution < -0.4 is 0 Å². The summed E-state index contributed by atoms with van der Waals surface area (Å²) in [6.07, 6.45) is 19.4. The highest BCUT2D eigenvalue weighted by Crippen LogP contribution is 2.14. The first-order valence-corrected chi connectivity index (χ1v) is 7.81. The lowest BCUT2D eigenvalue weighted by molar-refractivity contribution is 0.233. The molecule has 1 nitrogen and oxygen atoms in total. The van der Waals surface area contributed by atoms with E-state index in [-0.39, 0.29) is 0 Å². The van der Waals surface area contributed by atoms with E-state index in [1.54, 1.807) is 7.11 Å². The van der Waals surface area contributed by atoms with Crippen LogP contribution in [0.5, 0.6) is 0 Å². The number of methoxy groups -OCH3 is 1. The maximum Gasteiger partial charge on any atom is 0.0646 e. The zero-order valence-electron chi connectivity index (χ0n) is 13.2. The van der Waals surface area contributed by atoms with Crippen LogP contribution in [0.1, 0.15) is 71.6 Å². The monoisotopic (exact) mass is 264 g/mol. The predicted molar refractivity (Wildman–Crippen MR) is 85.2 cm³/mol. The molecule has 0 fully saturated rings. The third kappa shape index (κ3) is 13.5. The van der Waals surface area contributed by atoms with Crippen LogP contribution in [0.4, 0.5) is 0 Å². The number of unbranched alkanes of at least 4 members (excludes halogenated alkanes) is 6. The SMILES string of the molecule is C#CC(C)CCCCCCCCC/C(C)=C/COC. The summed E-state index contributed by atoms with van der Waals surface area (Å²) in [5.41, 5.74) is 1.46. The van der Waals surface area contributed by atoms with E-state index in [0.29, 0.717) is 5.92 Å². The van der Waals surface area contributed by atoms with Gasteiger partial charge in [-0.15, -0.1) is 12.3 Å². The van der Waals surface area contributed by atoms with Crippen LogP contribution in [0.2, 0.25) is 0 Å². The van der Waals surface area contributed by atoms with Gasteiger partial charge in [-0.1, -0.05) is 57.1 Å². The van der Waals surface area contributed by atoms with Crippen LogP contribution in [0, 0.1) is 18.3 Å². The van der Waals surface area contributed by atoms with Crippen molar-refractivity contribution >= 4 is 0 Å². The minimum atomic E-state index is 0.460. The Labute approximate surface area is 120 Å². The molecule has 0 aliphatic rings. The van der Waals surface area contributed by atoms with Crippen molar-refractivity contribution < 1.29 is 4.74 Å². The molecule has 0 saturated carbocycles. The molecule has 0 amide bonds. The van der Waals surface area contributed by atoms with Crippen LogP contribution in [0.25, 0.3) is 0 Å². The van der Waals surface area contributed by atoms with Crippen LogP contribution in [0.3, 0.4) is 0 Å². The highest BCUT2D eigenvalue weighted by Gasteiger charge is 1.97. The number of rotatable bonds is 12. The Kier molecular flexibility index (Phi) is 13.2. The summed E-state index contributed by atoms with van der Waals surface area (Å²) in [4.78, 5) is 0. The van der Waals surface area contributed by atoms with E-state index in [9.17, 15) is 0 Å². The van der Waals surface area contributed by atoms with E-state index in [0.717, 1.165) is 6.61 Å². The van der Waals surface area contributed by atoms with Gasteiger partial charge in [0.2, 0.25) is 0 Å². The highest BCUT2D eigenvalue weighted by molar-refractivity contribution is 4.97. The Hall–Kier alpha value is -0.740. The molecule has 0 aromatic carbocycles. The van der Waals surface area contributed by atoms with Gasteiger partial charge in [0.25, 0.3) is 0 Å². The Balaban J connectivity index is 3.21. The van der Waals surface area contributed by atoms with E-state index >= 15 is 0 Å². The summed E-state index contributed by atoms with van der Waals surface area (Å²) in [7, 11) is 1.74. The van der Waals surface area contributed by atoms with Crippen molar-refractivity contribution in [2.75, 3.05) is 13.7 Å². The Morgan fingerprint density at radius 3 is 2.26 bits per heavy atom. The topological polar surface area (TPSA) is 9.23 Å². The first-order chi connectivity index (χ1) is 9.20. The maximum absolute atomic E-state index is 5.36. The molecule has 0 rings (SSSR count). The van der Waals surface area contributed by atoms with Crippen LogP contribution in [-0.4, -0.2) is 13.7 Å². The molecule has 1 unspecified atom stereocenters. The molecule has 0 spiro atoms. The first-order valence-electron chi connectivity index (χ1n) is 7.81. The number of allylic oxidation sites excluding steroid dienone is 1. The number of hydrogen-bond acceptors (Lipinski definition) is 1. The zero-order valence-corrected chi connectivity index (χ0v) is 13.2. The Morgan fingerprint density at radius 2 is 1.68 bits per heavy atom. The molecule has 0 aromatic heterocycles. The van der Waals surface area contributed by atoms with Crippen molar-refractivity contribution in [1.29, 1.82) is 0 Å². The van der Waals surface area contributed by atoms with Gasteiger partial charge in [-0.2, -0.15) is 0 Å². The summed E-state index contributed by atoms with van der Waals surface area (Å²) in [5, 5.41) is 0. The maximum atomic E-state index is 5.36. The fraction of sp³-hybridized carbons (Fsp3) is 0.778. The van der Waals surface area contributed by atoms with Crippen molar-refractivity contribution in [2.45, 2.75) is 71.6 Å². The lowest BCUT2D eigenvalue weighted by Crippen LogP contribution is -1.90. The van der Waals surface area contributed by atoms with Crippen molar-refractivity contribution in [3.05, 3.63) is 11.6 Å². The van der Waals surface area contributed by atoms with Crippen LogP contribution in [-0.2, 0) is 4.74 Å². The van der Waals surface area contributed by atoms with Gasteiger partial charge in [-0.3, -0.25) is 0 Å². The zero-order chi connectivity index (χ0) is 14.3. The molecule has 0 radical (unpaired) electrons. The van der Waals surface area contributed by atoms with E-state index in [2.05, 4.69) is 25.8 Å². The summed E-state index contributed by atoms with van der Waals surface area (Å²) in [5.74, 6) is 3.25. The van der Waals surface area contributed by atoms with Gasteiger partial charge < -0.3 is 4.74 Å². The number of terminal acetylenes is 1. The third-order valence-electron chi connectivity index (χ3n) is 3.59. The van der Waals surface area contributed by atoms with Crippen molar-refractivity contribution in [2.24, 2.45) is 5.92 Å². The standard InChI is InChI=1S/C18H32O/c1-5-17(2)13-11-9-7-6-8-10-12-14-18(3)15-16-19-4/h1,15,17H,6-14,16H2,2-4H3/b18-15+. The van der Waals surface area contributed by atoms with Crippen molar-refractivity contribution in [3.63, 3.8) is 0 Å². The molecule has 0 saturated heterocycles. The second-order valence-corrected chi connectivity index (χ2v) is 5.59. The highest BCUT2D eigenvalue weighted by atomic mass is 16.5. The van der Waals surface area contributed by atoms with E-state index in [4.69, 9.17) is 11.2 Å². The molecule has 1 heteroatoms. The molecule has 0 aliphatic carbocycles. The second kappa shape index (κ2) is 13.7. The molecule has 0 N–H and O–H groups in total. The summed E-state index contributed by atoms with van der Waals surface area (Å²) in [6, 6.07) is 0. The third-order valence-corrected chi connectivity index (χ3v) is 3.59. The molecular formula is C18H32O. The lowest BCUT2D eigenvalue weighted by atomic mass is 10.0. The Bertz CT molecular complexity index is 259. The molecule has 0 heterocycles. The molecule has 0 aliphatic heterocycles. The van der Waals surface area contributed by atoms with Gasteiger partial charge in [0.1, 0.15) is 0 Å². The molecular weight excluding hydrogens is 232 g/mol. The van der Waals surface area contributed by atoms with Crippen LogP contribution >= 0.6 is 0 Å². The molecule has 0 bridgehead atoms. The smallest absolute Gasteiger partial charge is 0.0646 e. The van der Waals surface area contributed by atoms with E-state index < -0.39 is 0 Å². The fourth-order valence-electron chi connectivity index (χ4n) is 2.15. The second-order valence-electron chi connectivity index (χ2n) is 5.59. The minimum Gasteiger partial charge on any atom is -0.381 e. The number of ether oxygens (including phenoxy) is 1. The van der Waals surface area contributed by atoms with Gasteiger partial charge in [0.15, 0.2) is 0 Å². The van der Waals surface area contributed by atoms with E-state index in [1.807, 2.05) is 0 Å². The summed E-state index contributed by atoms with van der Waals surface area (Å²) < 4.78 is 5.03.